The van der Waals surface area contributed by atoms with Crippen molar-refractivity contribution in [3.8, 4) is 5.75 Å². The van der Waals surface area contributed by atoms with E-state index >= 15 is 0 Å². The van der Waals surface area contributed by atoms with Gasteiger partial charge in [0.15, 0.2) is 6.10 Å². The normalized spacial score (nSPS) is 11.6. The van der Waals surface area contributed by atoms with Gasteiger partial charge in [-0.3, -0.25) is 4.79 Å². The number of amides is 1. The highest BCUT2D eigenvalue weighted by Gasteiger charge is 2.17. The number of esters is 1. The van der Waals surface area contributed by atoms with Crippen molar-refractivity contribution in [3.05, 3.63) is 59.7 Å². The number of halogens is 2. The highest BCUT2D eigenvalue weighted by molar-refractivity contribution is 5.94. The van der Waals surface area contributed by atoms with Gasteiger partial charge in [0.05, 0.1) is 17.9 Å². The number of carbonyl (C=O) groups excluding carboxylic acids is 2. The Morgan fingerprint density at radius 2 is 1.81 bits per heavy atom. The van der Waals surface area contributed by atoms with E-state index in [-0.39, 0.29) is 5.69 Å². The molecule has 0 bridgehead atoms. The van der Waals surface area contributed by atoms with Crippen LogP contribution in [0.5, 0.6) is 5.75 Å². The molecule has 0 radical (unpaired) electrons. The van der Waals surface area contributed by atoms with Crippen molar-refractivity contribution < 1.29 is 27.8 Å². The first-order chi connectivity index (χ1) is 12.9. The zero-order valence-electron chi connectivity index (χ0n) is 15.1. The molecule has 0 unspecified atom stereocenters. The Morgan fingerprint density at radius 3 is 2.44 bits per heavy atom. The van der Waals surface area contributed by atoms with Gasteiger partial charge in [-0.15, -0.1) is 0 Å². The molecule has 0 aliphatic rings. The van der Waals surface area contributed by atoms with Crippen LogP contribution in [0.2, 0.25) is 0 Å². The highest BCUT2D eigenvalue weighted by Crippen LogP contribution is 2.18. The fourth-order valence-corrected chi connectivity index (χ4v) is 2.14. The predicted octanol–water partition coefficient (Wildman–Crippen LogP) is 4.33. The molecular formula is C20H21F2NO4. The number of carbonyl (C=O) groups is 2. The summed E-state index contributed by atoms with van der Waals surface area (Å²) in [6.45, 7) is 3.86. The Morgan fingerprint density at radius 1 is 1.11 bits per heavy atom. The summed E-state index contributed by atoms with van der Waals surface area (Å²) in [5.41, 5.74) is 0.242. The average Bonchev–Trinajstić information content (AvgIpc) is 2.64. The fourth-order valence-electron chi connectivity index (χ4n) is 2.14. The molecule has 1 atom stereocenters. The standard InChI is InChI=1S/C20H21F2NO4/c1-3-4-11-26-20(25)14-5-8-16(9-6-14)27-13(2)19(24)23-18-10-7-15(21)12-17(18)22/h5-10,12-13H,3-4,11H2,1-2H3,(H,23,24)/t13-/m0/s1. The molecule has 0 heterocycles. The lowest BCUT2D eigenvalue weighted by atomic mass is 10.2. The van der Waals surface area contributed by atoms with Gasteiger partial charge < -0.3 is 14.8 Å². The van der Waals surface area contributed by atoms with E-state index in [1.807, 2.05) is 6.92 Å². The lowest BCUT2D eigenvalue weighted by Crippen LogP contribution is -2.30. The van der Waals surface area contributed by atoms with Crippen molar-refractivity contribution in [2.45, 2.75) is 32.8 Å². The van der Waals surface area contributed by atoms with Crippen LogP contribution in [-0.2, 0) is 9.53 Å². The van der Waals surface area contributed by atoms with Gasteiger partial charge >= 0.3 is 5.97 Å². The molecule has 2 rings (SSSR count). The van der Waals surface area contributed by atoms with E-state index in [2.05, 4.69) is 5.32 Å². The minimum Gasteiger partial charge on any atom is -0.481 e. The molecule has 1 amide bonds. The topological polar surface area (TPSA) is 64.6 Å². The summed E-state index contributed by atoms with van der Waals surface area (Å²) in [6.07, 6.45) is 0.799. The number of anilines is 1. The van der Waals surface area contributed by atoms with Gasteiger partial charge in [0.2, 0.25) is 0 Å². The Kier molecular flexibility index (Phi) is 7.28. The number of benzene rings is 2. The van der Waals surface area contributed by atoms with Gasteiger partial charge in [-0.25, -0.2) is 13.6 Å². The molecule has 1 N–H and O–H groups in total. The minimum atomic E-state index is -0.934. The number of ether oxygens (including phenoxy) is 2. The molecule has 0 aliphatic heterocycles. The second-order valence-electron chi connectivity index (χ2n) is 5.89. The van der Waals surface area contributed by atoms with E-state index < -0.39 is 29.6 Å². The van der Waals surface area contributed by atoms with Gasteiger partial charge in [0.1, 0.15) is 17.4 Å². The zero-order chi connectivity index (χ0) is 19.8. The number of nitrogens with one attached hydrogen (secondary N) is 1. The van der Waals surface area contributed by atoms with E-state index in [0.717, 1.165) is 25.0 Å². The number of hydrogen-bond acceptors (Lipinski definition) is 4. The molecule has 7 heteroatoms. The molecular weight excluding hydrogens is 356 g/mol. The van der Waals surface area contributed by atoms with Crippen LogP contribution in [0.1, 0.15) is 37.0 Å². The largest absolute Gasteiger partial charge is 0.481 e. The Labute approximate surface area is 156 Å². The Balaban J connectivity index is 1.91. The van der Waals surface area contributed by atoms with Gasteiger partial charge in [-0.05, 0) is 49.7 Å². The van der Waals surface area contributed by atoms with E-state index in [0.29, 0.717) is 24.0 Å². The summed E-state index contributed by atoms with van der Waals surface area (Å²) < 4.78 is 37.1. The van der Waals surface area contributed by atoms with Crippen LogP contribution in [0, 0.1) is 11.6 Å². The minimum absolute atomic E-state index is 0.137. The summed E-state index contributed by atoms with van der Waals surface area (Å²) in [5.74, 6) is -2.26. The van der Waals surface area contributed by atoms with Gasteiger partial charge in [-0.1, -0.05) is 13.3 Å². The molecule has 0 fully saturated rings. The van der Waals surface area contributed by atoms with E-state index in [1.54, 1.807) is 12.1 Å². The molecule has 2 aromatic carbocycles. The van der Waals surface area contributed by atoms with E-state index in [1.165, 1.54) is 19.1 Å². The van der Waals surface area contributed by atoms with Gasteiger partial charge in [0, 0.05) is 6.07 Å². The summed E-state index contributed by atoms with van der Waals surface area (Å²) in [4.78, 5) is 23.9. The molecule has 0 aliphatic carbocycles. The first-order valence-corrected chi connectivity index (χ1v) is 8.60. The van der Waals surface area contributed by atoms with Crippen molar-refractivity contribution >= 4 is 17.6 Å². The second-order valence-corrected chi connectivity index (χ2v) is 5.89. The van der Waals surface area contributed by atoms with E-state index in [9.17, 15) is 18.4 Å². The van der Waals surface area contributed by atoms with Crippen LogP contribution >= 0.6 is 0 Å². The van der Waals surface area contributed by atoms with Crippen LogP contribution < -0.4 is 10.1 Å². The molecule has 5 nitrogen and oxygen atoms in total. The molecule has 0 aromatic heterocycles. The predicted molar refractivity (Wildman–Crippen MR) is 96.7 cm³/mol. The van der Waals surface area contributed by atoms with Crippen LogP contribution in [0.25, 0.3) is 0 Å². The van der Waals surface area contributed by atoms with Crippen LogP contribution in [-0.4, -0.2) is 24.6 Å². The lowest BCUT2D eigenvalue weighted by molar-refractivity contribution is -0.122. The molecule has 0 saturated carbocycles. The highest BCUT2D eigenvalue weighted by atomic mass is 19.1. The van der Waals surface area contributed by atoms with Crippen molar-refractivity contribution in [2.24, 2.45) is 0 Å². The maximum Gasteiger partial charge on any atom is 0.338 e. The molecule has 2 aromatic rings. The Hall–Kier alpha value is -2.96. The summed E-state index contributed by atoms with van der Waals surface area (Å²) in [5, 5.41) is 2.34. The van der Waals surface area contributed by atoms with Crippen molar-refractivity contribution in [2.75, 3.05) is 11.9 Å². The summed E-state index contributed by atoms with van der Waals surface area (Å²) >= 11 is 0. The molecule has 0 saturated heterocycles. The monoisotopic (exact) mass is 377 g/mol. The number of unbranched alkanes of at least 4 members (excludes halogenated alkanes) is 1. The third kappa shape index (κ3) is 6.06. The van der Waals surface area contributed by atoms with Crippen molar-refractivity contribution in [1.82, 2.24) is 0 Å². The summed E-state index contributed by atoms with van der Waals surface area (Å²) in [6, 6.07) is 9.01. The molecule has 0 spiro atoms. The van der Waals surface area contributed by atoms with Crippen molar-refractivity contribution in [1.29, 1.82) is 0 Å². The average molecular weight is 377 g/mol. The first kappa shape index (κ1) is 20.4. The fraction of sp³-hybridized carbons (Fsp3) is 0.300. The van der Waals surface area contributed by atoms with Gasteiger partial charge in [-0.2, -0.15) is 0 Å². The van der Waals surface area contributed by atoms with E-state index in [4.69, 9.17) is 9.47 Å². The van der Waals surface area contributed by atoms with Crippen LogP contribution in [0.15, 0.2) is 42.5 Å². The van der Waals surface area contributed by atoms with Gasteiger partial charge in [0.25, 0.3) is 5.91 Å². The SMILES string of the molecule is CCCCOC(=O)c1ccc(O[C@@H](C)C(=O)Nc2ccc(F)cc2F)cc1. The quantitative estimate of drug-likeness (QED) is 0.549. The maximum atomic E-state index is 13.6. The maximum absolute atomic E-state index is 13.6. The summed E-state index contributed by atoms with van der Waals surface area (Å²) in [7, 11) is 0. The lowest BCUT2D eigenvalue weighted by Gasteiger charge is -2.15. The number of rotatable bonds is 8. The zero-order valence-corrected chi connectivity index (χ0v) is 15.1. The third-order valence-corrected chi connectivity index (χ3v) is 3.69. The first-order valence-electron chi connectivity index (χ1n) is 8.60. The smallest absolute Gasteiger partial charge is 0.338 e. The number of hydrogen-bond donors (Lipinski definition) is 1. The molecule has 144 valence electrons. The third-order valence-electron chi connectivity index (χ3n) is 3.69. The second kappa shape index (κ2) is 9.66. The van der Waals surface area contributed by atoms with Crippen LogP contribution in [0.3, 0.4) is 0 Å². The molecule has 27 heavy (non-hydrogen) atoms. The Bertz CT molecular complexity index is 793. The van der Waals surface area contributed by atoms with Crippen LogP contribution in [0.4, 0.5) is 14.5 Å². The van der Waals surface area contributed by atoms with Crippen molar-refractivity contribution in [3.63, 3.8) is 0 Å².